The van der Waals surface area contributed by atoms with Crippen LogP contribution in [0.3, 0.4) is 0 Å². The van der Waals surface area contributed by atoms with Crippen molar-refractivity contribution in [3.8, 4) is 0 Å². The number of benzene rings is 2. The Morgan fingerprint density at radius 3 is 2.56 bits per heavy atom. The average molecular weight is 230 g/mol. The molecule has 80 valence electrons. The predicted octanol–water partition coefficient (Wildman–Crippen LogP) is 3.90. The summed E-state index contributed by atoms with van der Waals surface area (Å²) in [7, 11) is 0. The lowest BCUT2D eigenvalue weighted by molar-refractivity contribution is 1.13. The Morgan fingerprint density at radius 1 is 1.00 bits per heavy atom. The zero-order chi connectivity index (χ0) is 11.0. The highest BCUT2D eigenvalue weighted by atomic mass is 35.5. The summed E-state index contributed by atoms with van der Waals surface area (Å²) in [6, 6.07) is 19.1. The Kier molecular flexibility index (Phi) is 2.33. The van der Waals surface area contributed by atoms with E-state index in [2.05, 4.69) is 41.3 Å². The Balaban J connectivity index is 1.82. The van der Waals surface area contributed by atoms with E-state index in [1.165, 1.54) is 11.3 Å². The molecular weight excluding hydrogens is 218 g/mol. The minimum atomic E-state index is 0.501. The van der Waals surface area contributed by atoms with Crippen molar-refractivity contribution in [2.45, 2.75) is 6.04 Å². The van der Waals surface area contributed by atoms with Gasteiger partial charge in [-0.2, -0.15) is 0 Å². The van der Waals surface area contributed by atoms with Crippen LogP contribution < -0.4 is 4.90 Å². The average Bonchev–Trinajstić information content (AvgIpc) is 3.10. The molecule has 0 spiro atoms. The molecule has 2 aromatic rings. The molecule has 2 aromatic carbocycles. The fraction of sp³-hybridized carbons (Fsp3) is 0.143. The summed E-state index contributed by atoms with van der Waals surface area (Å²) in [6.07, 6.45) is 0. The van der Waals surface area contributed by atoms with Crippen LogP contribution in [0.25, 0.3) is 0 Å². The van der Waals surface area contributed by atoms with Crippen LogP contribution in [0.2, 0.25) is 5.02 Å². The lowest BCUT2D eigenvalue weighted by Gasteiger charge is -2.05. The second-order valence-electron chi connectivity index (χ2n) is 4.06. The number of para-hydroxylation sites is 1. The van der Waals surface area contributed by atoms with Crippen molar-refractivity contribution in [3.05, 3.63) is 65.2 Å². The third-order valence-corrected chi connectivity index (χ3v) is 3.17. The summed E-state index contributed by atoms with van der Waals surface area (Å²) in [6.45, 7) is 1.09. The largest absolute Gasteiger partial charge is 0.360 e. The van der Waals surface area contributed by atoms with Crippen LogP contribution in [0.15, 0.2) is 54.6 Å². The summed E-state index contributed by atoms with van der Waals surface area (Å²) < 4.78 is 0. The Labute approximate surface area is 100 Å². The fourth-order valence-corrected chi connectivity index (χ4v) is 2.24. The SMILES string of the molecule is Clc1cccc(C2CN2c2ccccc2)c1. The maximum absolute atomic E-state index is 5.99. The van der Waals surface area contributed by atoms with E-state index in [1.807, 2.05) is 18.2 Å². The quantitative estimate of drug-likeness (QED) is 0.706. The summed E-state index contributed by atoms with van der Waals surface area (Å²) in [5, 5.41) is 0.817. The van der Waals surface area contributed by atoms with Crippen LogP contribution in [0.1, 0.15) is 11.6 Å². The van der Waals surface area contributed by atoms with Crippen molar-refractivity contribution >= 4 is 17.3 Å². The number of anilines is 1. The van der Waals surface area contributed by atoms with Crippen LogP contribution in [0.5, 0.6) is 0 Å². The van der Waals surface area contributed by atoms with Crippen LogP contribution in [0.4, 0.5) is 5.69 Å². The molecular formula is C14H12ClN. The van der Waals surface area contributed by atoms with Gasteiger partial charge < -0.3 is 4.90 Å². The molecule has 1 aliphatic rings. The first-order valence-corrected chi connectivity index (χ1v) is 5.79. The third kappa shape index (κ3) is 1.79. The molecule has 0 radical (unpaired) electrons. The first kappa shape index (κ1) is 9.73. The van der Waals surface area contributed by atoms with Crippen molar-refractivity contribution in [2.24, 2.45) is 0 Å². The summed E-state index contributed by atoms with van der Waals surface area (Å²) in [4.78, 5) is 2.37. The number of rotatable bonds is 2. The van der Waals surface area contributed by atoms with Crippen molar-refractivity contribution in [1.29, 1.82) is 0 Å². The van der Waals surface area contributed by atoms with Gasteiger partial charge >= 0.3 is 0 Å². The van der Waals surface area contributed by atoms with Crippen LogP contribution in [-0.2, 0) is 0 Å². The van der Waals surface area contributed by atoms with Gasteiger partial charge in [-0.05, 0) is 29.8 Å². The number of nitrogens with zero attached hydrogens (tertiary/aromatic N) is 1. The molecule has 0 saturated carbocycles. The van der Waals surface area contributed by atoms with Gasteiger partial charge in [0.2, 0.25) is 0 Å². The van der Waals surface area contributed by atoms with E-state index in [9.17, 15) is 0 Å². The molecule has 0 aromatic heterocycles. The van der Waals surface area contributed by atoms with Crippen LogP contribution in [-0.4, -0.2) is 6.54 Å². The second kappa shape index (κ2) is 3.84. The molecule has 0 N–H and O–H groups in total. The molecule has 2 heteroatoms. The maximum Gasteiger partial charge on any atom is 0.0719 e. The molecule has 1 unspecified atom stereocenters. The van der Waals surface area contributed by atoms with Gasteiger partial charge in [-0.15, -0.1) is 0 Å². The molecule has 0 bridgehead atoms. The molecule has 0 amide bonds. The van der Waals surface area contributed by atoms with E-state index in [1.54, 1.807) is 0 Å². The zero-order valence-electron chi connectivity index (χ0n) is 8.81. The summed E-state index contributed by atoms with van der Waals surface area (Å²) >= 11 is 5.99. The van der Waals surface area contributed by atoms with E-state index < -0.39 is 0 Å². The van der Waals surface area contributed by atoms with Crippen molar-refractivity contribution < 1.29 is 0 Å². The molecule has 1 heterocycles. The van der Waals surface area contributed by atoms with Gasteiger partial charge in [-0.25, -0.2) is 0 Å². The summed E-state index contributed by atoms with van der Waals surface area (Å²) in [5.41, 5.74) is 2.59. The van der Waals surface area contributed by atoms with Crippen molar-refractivity contribution in [1.82, 2.24) is 0 Å². The van der Waals surface area contributed by atoms with E-state index in [0.29, 0.717) is 6.04 Å². The normalized spacial score (nSPS) is 18.6. The molecule has 1 atom stereocenters. The number of hydrogen-bond acceptors (Lipinski definition) is 1. The molecule has 1 saturated heterocycles. The van der Waals surface area contributed by atoms with E-state index in [4.69, 9.17) is 11.6 Å². The lowest BCUT2D eigenvalue weighted by Crippen LogP contribution is -1.93. The minimum Gasteiger partial charge on any atom is -0.360 e. The van der Waals surface area contributed by atoms with Crippen LogP contribution in [0, 0.1) is 0 Å². The van der Waals surface area contributed by atoms with Gasteiger partial charge in [0.1, 0.15) is 0 Å². The fourth-order valence-electron chi connectivity index (χ4n) is 2.04. The van der Waals surface area contributed by atoms with Gasteiger partial charge in [0, 0.05) is 17.3 Å². The van der Waals surface area contributed by atoms with E-state index >= 15 is 0 Å². The molecule has 16 heavy (non-hydrogen) atoms. The van der Waals surface area contributed by atoms with Crippen molar-refractivity contribution in [2.75, 3.05) is 11.4 Å². The highest BCUT2D eigenvalue weighted by Crippen LogP contribution is 2.39. The molecule has 3 rings (SSSR count). The first-order valence-electron chi connectivity index (χ1n) is 5.42. The lowest BCUT2D eigenvalue weighted by atomic mass is 10.1. The molecule has 0 aliphatic carbocycles. The number of hydrogen-bond donors (Lipinski definition) is 0. The van der Waals surface area contributed by atoms with Gasteiger partial charge in [-0.3, -0.25) is 0 Å². The minimum absolute atomic E-state index is 0.501. The van der Waals surface area contributed by atoms with E-state index in [0.717, 1.165) is 11.6 Å². The van der Waals surface area contributed by atoms with Gasteiger partial charge in [0.25, 0.3) is 0 Å². The first-order chi connectivity index (χ1) is 7.84. The Morgan fingerprint density at radius 2 is 1.81 bits per heavy atom. The highest BCUT2D eigenvalue weighted by Gasteiger charge is 2.35. The third-order valence-electron chi connectivity index (χ3n) is 2.93. The molecule has 1 fully saturated rings. The standard InChI is InChI=1S/C14H12ClN/c15-12-6-4-5-11(9-12)14-10-16(14)13-7-2-1-3-8-13/h1-9,14H,10H2. The van der Waals surface area contributed by atoms with Crippen molar-refractivity contribution in [3.63, 3.8) is 0 Å². The predicted molar refractivity (Wildman–Crippen MR) is 68.0 cm³/mol. The molecule has 1 aliphatic heterocycles. The second-order valence-corrected chi connectivity index (χ2v) is 4.50. The Hall–Kier alpha value is -1.47. The van der Waals surface area contributed by atoms with Crippen LogP contribution >= 0.6 is 11.6 Å². The van der Waals surface area contributed by atoms with Gasteiger partial charge in [-0.1, -0.05) is 41.9 Å². The molecule has 1 nitrogen and oxygen atoms in total. The highest BCUT2D eigenvalue weighted by molar-refractivity contribution is 6.30. The maximum atomic E-state index is 5.99. The summed E-state index contributed by atoms with van der Waals surface area (Å²) in [5.74, 6) is 0. The van der Waals surface area contributed by atoms with Gasteiger partial charge in [0.05, 0.1) is 6.04 Å². The number of halogens is 1. The monoisotopic (exact) mass is 229 g/mol. The topological polar surface area (TPSA) is 3.01 Å². The van der Waals surface area contributed by atoms with E-state index in [-0.39, 0.29) is 0 Å². The zero-order valence-corrected chi connectivity index (χ0v) is 9.56. The Bertz CT molecular complexity index is 495. The van der Waals surface area contributed by atoms with Gasteiger partial charge in [0.15, 0.2) is 0 Å². The smallest absolute Gasteiger partial charge is 0.0719 e.